The Morgan fingerprint density at radius 2 is 1.36 bits per heavy atom. The third-order valence-corrected chi connectivity index (χ3v) is 3.20. The second kappa shape index (κ2) is 7.09. The first kappa shape index (κ1) is 16.0. The summed E-state index contributed by atoms with van der Waals surface area (Å²) < 4.78 is 6.21. The van der Waals surface area contributed by atoms with Crippen LogP contribution in [-0.2, 0) is 4.74 Å². The summed E-state index contributed by atoms with van der Waals surface area (Å²) in [5, 5.41) is 0. The van der Waals surface area contributed by atoms with Crippen LogP contribution in [0.25, 0.3) is 0 Å². The number of ether oxygens (including phenoxy) is 1. The van der Waals surface area contributed by atoms with Gasteiger partial charge in [-0.3, -0.25) is 0 Å². The van der Waals surface area contributed by atoms with Crippen molar-refractivity contribution < 1.29 is 14.0 Å². The lowest BCUT2D eigenvalue weighted by Crippen LogP contribution is -2.39. The molecule has 0 aliphatic heterocycles. The van der Waals surface area contributed by atoms with Gasteiger partial charge < -0.3 is 9.22 Å². The van der Waals surface area contributed by atoms with Crippen molar-refractivity contribution in [2.45, 2.75) is 0 Å². The Kier molecular flexibility index (Phi) is 5.17. The van der Waals surface area contributed by atoms with Crippen molar-refractivity contribution in [2.24, 2.45) is 0 Å². The Hall–Kier alpha value is -2.33. The molecule has 0 atom stereocenters. The highest BCUT2D eigenvalue weighted by Gasteiger charge is 2.20. The van der Waals surface area contributed by atoms with Crippen LogP contribution in [0, 0.1) is 0 Å². The molecule has 0 fully saturated rings. The van der Waals surface area contributed by atoms with Gasteiger partial charge in [0.2, 0.25) is 0 Å². The van der Waals surface area contributed by atoms with Gasteiger partial charge in [-0.2, -0.15) is 0 Å². The van der Waals surface area contributed by atoms with Gasteiger partial charge in [0, 0.05) is 0 Å². The molecule has 4 heteroatoms. The molecule has 0 aromatic heterocycles. The molecule has 0 heterocycles. The number of para-hydroxylation sites is 2. The summed E-state index contributed by atoms with van der Waals surface area (Å²) in [6.45, 7) is 1.15. The van der Waals surface area contributed by atoms with Gasteiger partial charge in [-0.25, -0.2) is 9.69 Å². The molecule has 0 N–H and O–H groups in total. The van der Waals surface area contributed by atoms with Gasteiger partial charge in [-0.05, 0) is 24.3 Å². The van der Waals surface area contributed by atoms with E-state index < -0.39 is 0 Å². The van der Waals surface area contributed by atoms with Crippen LogP contribution in [0.4, 0.5) is 16.2 Å². The Balaban J connectivity index is 2.17. The van der Waals surface area contributed by atoms with E-state index in [0.29, 0.717) is 6.61 Å². The molecule has 116 valence electrons. The fourth-order valence-corrected chi connectivity index (χ4v) is 1.99. The molecule has 2 aromatic rings. The Morgan fingerprint density at radius 1 is 0.909 bits per heavy atom. The Labute approximate surface area is 132 Å². The minimum Gasteiger partial charge on any atom is -0.443 e. The quantitative estimate of drug-likeness (QED) is 0.788. The van der Waals surface area contributed by atoms with Crippen molar-refractivity contribution >= 4 is 17.5 Å². The van der Waals surface area contributed by atoms with Crippen LogP contribution in [0.15, 0.2) is 60.7 Å². The van der Waals surface area contributed by atoms with Crippen molar-refractivity contribution in [2.75, 3.05) is 39.2 Å². The van der Waals surface area contributed by atoms with Crippen LogP contribution in [-0.4, -0.2) is 44.9 Å². The van der Waals surface area contributed by atoms with Crippen LogP contribution in [0.3, 0.4) is 0 Å². The minimum absolute atomic E-state index is 0.356. The maximum absolute atomic E-state index is 12.5. The molecule has 22 heavy (non-hydrogen) atoms. The number of benzene rings is 2. The van der Waals surface area contributed by atoms with E-state index in [1.165, 1.54) is 0 Å². The molecular formula is C18H23N2O2+. The Bertz CT molecular complexity index is 552. The second-order valence-electron chi connectivity index (χ2n) is 6.13. The average Bonchev–Trinajstić information content (AvgIpc) is 2.48. The number of amides is 1. The van der Waals surface area contributed by atoms with Crippen molar-refractivity contribution in [1.29, 1.82) is 0 Å². The number of hydrogen-bond donors (Lipinski definition) is 0. The highest BCUT2D eigenvalue weighted by Crippen LogP contribution is 2.25. The molecule has 0 saturated heterocycles. The van der Waals surface area contributed by atoms with Crippen molar-refractivity contribution in [3.8, 4) is 0 Å². The summed E-state index contributed by atoms with van der Waals surface area (Å²) in [5.74, 6) is 0. The normalized spacial score (nSPS) is 11.0. The van der Waals surface area contributed by atoms with Crippen molar-refractivity contribution in [1.82, 2.24) is 0 Å². The molecule has 2 rings (SSSR count). The zero-order valence-electron chi connectivity index (χ0n) is 13.4. The van der Waals surface area contributed by atoms with E-state index in [1.54, 1.807) is 4.90 Å². The van der Waals surface area contributed by atoms with E-state index in [4.69, 9.17) is 4.74 Å². The highest BCUT2D eigenvalue weighted by atomic mass is 16.6. The van der Waals surface area contributed by atoms with Crippen LogP contribution < -0.4 is 4.90 Å². The number of rotatable bonds is 5. The summed E-state index contributed by atoms with van der Waals surface area (Å²) in [6.07, 6.45) is -0.356. The highest BCUT2D eigenvalue weighted by molar-refractivity contribution is 5.95. The van der Waals surface area contributed by atoms with E-state index in [-0.39, 0.29) is 6.09 Å². The van der Waals surface area contributed by atoms with E-state index in [1.807, 2.05) is 60.7 Å². The standard InChI is InChI=1S/C18H23N2O2/c1-20(2,3)14-15-22-18(21)19(16-10-6-4-7-11-16)17-12-8-5-9-13-17/h4-13H,14-15H2,1-3H3/q+1. The molecule has 0 bridgehead atoms. The fourth-order valence-electron chi connectivity index (χ4n) is 1.99. The van der Waals surface area contributed by atoms with E-state index in [2.05, 4.69) is 21.1 Å². The first-order chi connectivity index (χ1) is 10.5. The van der Waals surface area contributed by atoms with E-state index in [9.17, 15) is 4.79 Å². The van der Waals surface area contributed by atoms with Gasteiger partial charge in [0.05, 0.1) is 32.5 Å². The monoisotopic (exact) mass is 299 g/mol. The molecule has 0 aliphatic rings. The summed E-state index contributed by atoms with van der Waals surface area (Å²) >= 11 is 0. The molecule has 0 saturated carbocycles. The first-order valence-corrected chi connectivity index (χ1v) is 7.35. The molecule has 0 aliphatic carbocycles. The maximum Gasteiger partial charge on any atom is 0.419 e. The summed E-state index contributed by atoms with van der Waals surface area (Å²) in [5.41, 5.74) is 1.59. The molecular weight excluding hydrogens is 276 g/mol. The van der Waals surface area contributed by atoms with Gasteiger partial charge >= 0.3 is 6.09 Å². The van der Waals surface area contributed by atoms with Gasteiger partial charge in [0.25, 0.3) is 0 Å². The lowest BCUT2D eigenvalue weighted by Gasteiger charge is -2.25. The molecule has 4 nitrogen and oxygen atoms in total. The van der Waals surface area contributed by atoms with Gasteiger partial charge in [-0.15, -0.1) is 0 Å². The largest absolute Gasteiger partial charge is 0.443 e. The van der Waals surface area contributed by atoms with Crippen molar-refractivity contribution in [3.63, 3.8) is 0 Å². The molecule has 2 aromatic carbocycles. The average molecular weight is 299 g/mol. The van der Waals surface area contributed by atoms with Crippen LogP contribution >= 0.6 is 0 Å². The number of nitrogens with zero attached hydrogens (tertiary/aromatic N) is 2. The number of quaternary nitrogens is 1. The summed E-state index contributed by atoms with van der Waals surface area (Å²) in [7, 11) is 6.21. The number of likely N-dealkylation sites (N-methyl/N-ethyl adjacent to an activating group) is 1. The van der Waals surface area contributed by atoms with Crippen LogP contribution in [0.1, 0.15) is 0 Å². The van der Waals surface area contributed by atoms with Gasteiger partial charge in [0.1, 0.15) is 13.2 Å². The SMILES string of the molecule is C[N+](C)(C)CCOC(=O)N(c1ccccc1)c1ccccc1. The van der Waals surface area contributed by atoms with Gasteiger partial charge in [0.15, 0.2) is 0 Å². The molecule has 1 amide bonds. The summed E-state index contributed by atoms with van der Waals surface area (Å²) in [6, 6.07) is 19.1. The topological polar surface area (TPSA) is 29.5 Å². The van der Waals surface area contributed by atoms with Gasteiger partial charge in [-0.1, -0.05) is 36.4 Å². The molecule has 0 unspecified atom stereocenters. The van der Waals surface area contributed by atoms with Crippen LogP contribution in [0.5, 0.6) is 0 Å². The zero-order chi connectivity index (χ0) is 16.0. The maximum atomic E-state index is 12.5. The lowest BCUT2D eigenvalue weighted by molar-refractivity contribution is -0.870. The number of anilines is 2. The number of carbonyl (C=O) groups is 1. The minimum atomic E-state index is -0.356. The predicted molar refractivity (Wildman–Crippen MR) is 89.3 cm³/mol. The number of carbonyl (C=O) groups excluding carboxylic acids is 1. The van der Waals surface area contributed by atoms with E-state index in [0.717, 1.165) is 22.4 Å². The van der Waals surface area contributed by atoms with Crippen LogP contribution in [0.2, 0.25) is 0 Å². The fraction of sp³-hybridized carbons (Fsp3) is 0.278. The van der Waals surface area contributed by atoms with Crippen molar-refractivity contribution in [3.05, 3.63) is 60.7 Å². The number of hydrogen-bond acceptors (Lipinski definition) is 2. The Morgan fingerprint density at radius 3 is 1.77 bits per heavy atom. The zero-order valence-corrected chi connectivity index (χ0v) is 13.4. The predicted octanol–water partition coefficient (Wildman–Crippen LogP) is 3.67. The summed E-state index contributed by atoms with van der Waals surface area (Å²) in [4.78, 5) is 14.1. The first-order valence-electron chi connectivity index (χ1n) is 7.35. The third kappa shape index (κ3) is 4.60. The lowest BCUT2D eigenvalue weighted by atomic mass is 10.2. The van der Waals surface area contributed by atoms with E-state index >= 15 is 0 Å². The second-order valence-corrected chi connectivity index (χ2v) is 6.13. The smallest absolute Gasteiger partial charge is 0.419 e. The third-order valence-electron chi connectivity index (χ3n) is 3.20. The molecule has 0 spiro atoms. The molecule has 0 radical (unpaired) electrons.